The third-order valence-electron chi connectivity index (χ3n) is 6.70. The van der Waals surface area contributed by atoms with E-state index in [-0.39, 0.29) is 28.4 Å². The zero-order valence-electron chi connectivity index (χ0n) is 22.2. The minimum absolute atomic E-state index is 0.0598. The summed E-state index contributed by atoms with van der Waals surface area (Å²) in [6.07, 6.45) is 8.75. The number of likely N-dealkylation sites (tertiary alicyclic amines) is 1. The molecule has 0 radical (unpaired) electrons. The third-order valence-corrected chi connectivity index (χ3v) is 6.70. The highest BCUT2D eigenvalue weighted by Crippen LogP contribution is 2.33. The molecule has 0 aliphatic carbocycles. The summed E-state index contributed by atoms with van der Waals surface area (Å²) in [6.45, 7) is 7.46. The SMILES string of the molecule is CN\C=C/C(=C(C)/C=C(\C)CN1CCC(c2c(F)cc(C(C)=O)cc2F)CC1)n1ccc(NC)cc1=O. The monoisotopic (exact) mass is 510 g/mol. The molecule has 0 spiro atoms. The van der Waals surface area contributed by atoms with Crippen molar-refractivity contribution in [3.63, 3.8) is 0 Å². The average molecular weight is 511 g/mol. The largest absolute Gasteiger partial charge is 0.394 e. The Bertz CT molecular complexity index is 1260. The number of ketones is 1. The number of allylic oxidation sites excluding steroid dienone is 4. The van der Waals surface area contributed by atoms with Gasteiger partial charge in [0.25, 0.3) is 5.56 Å². The maximum Gasteiger partial charge on any atom is 0.257 e. The van der Waals surface area contributed by atoms with E-state index in [2.05, 4.69) is 21.6 Å². The number of hydrogen-bond donors (Lipinski definition) is 2. The molecule has 3 rings (SSSR count). The second-order valence-electron chi connectivity index (χ2n) is 9.51. The van der Waals surface area contributed by atoms with Gasteiger partial charge in [0.1, 0.15) is 11.6 Å². The third kappa shape index (κ3) is 7.04. The molecule has 0 amide bonds. The number of anilines is 1. The van der Waals surface area contributed by atoms with E-state index in [1.807, 2.05) is 26.0 Å². The summed E-state index contributed by atoms with van der Waals surface area (Å²) >= 11 is 0. The van der Waals surface area contributed by atoms with Crippen LogP contribution in [-0.2, 0) is 0 Å². The Kier molecular flexibility index (Phi) is 9.58. The lowest BCUT2D eigenvalue weighted by Crippen LogP contribution is -2.34. The Hall–Kier alpha value is -3.52. The van der Waals surface area contributed by atoms with Crippen LogP contribution in [0, 0.1) is 11.6 Å². The van der Waals surface area contributed by atoms with Crippen LogP contribution in [0.25, 0.3) is 5.70 Å². The number of hydrogen-bond acceptors (Lipinski definition) is 5. The van der Waals surface area contributed by atoms with E-state index in [0.29, 0.717) is 25.9 Å². The van der Waals surface area contributed by atoms with Gasteiger partial charge in [0.2, 0.25) is 0 Å². The number of carbonyl (C=O) groups is 1. The number of nitrogens with zero attached hydrogens (tertiary/aromatic N) is 2. The summed E-state index contributed by atoms with van der Waals surface area (Å²) in [7, 11) is 3.57. The molecule has 0 saturated carbocycles. The molecule has 1 aliphatic heterocycles. The van der Waals surface area contributed by atoms with Gasteiger partial charge in [0.15, 0.2) is 5.78 Å². The first-order valence-electron chi connectivity index (χ1n) is 12.5. The van der Waals surface area contributed by atoms with Crippen molar-refractivity contribution in [3.05, 3.63) is 93.1 Å². The summed E-state index contributed by atoms with van der Waals surface area (Å²) < 4.78 is 30.9. The molecule has 1 aromatic heterocycles. The first kappa shape index (κ1) is 28.1. The molecule has 2 N–H and O–H groups in total. The molecule has 0 atom stereocenters. The van der Waals surface area contributed by atoms with E-state index >= 15 is 0 Å². The highest BCUT2D eigenvalue weighted by molar-refractivity contribution is 5.94. The van der Waals surface area contributed by atoms with Crippen LogP contribution in [0.2, 0.25) is 0 Å². The number of carbonyl (C=O) groups excluding carboxylic acids is 1. The zero-order chi connectivity index (χ0) is 27.1. The van der Waals surface area contributed by atoms with Crippen molar-refractivity contribution >= 4 is 17.2 Å². The lowest BCUT2D eigenvalue weighted by molar-refractivity contribution is 0.101. The molecule has 1 aromatic carbocycles. The lowest BCUT2D eigenvalue weighted by atomic mass is 9.87. The summed E-state index contributed by atoms with van der Waals surface area (Å²) in [5, 5.41) is 5.95. The number of pyridine rings is 1. The first-order chi connectivity index (χ1) is 17.6. The van der Waals surface area contributed by atoms with Crippen molar-refractivity contribution in [2.45, 2.75) is 39.5 Å². The van der Waals surface area contributed by atoms with Gasteiger partial charge in [-0.25, -0.2) is 8.78 Å². The Morgan fingerprint density at radius 2 is 1.73 bits per heavy atom. The van der Waals surface area contributed by atoms with Crippen molar-refractivity contribution in [3.8, 4) is 0 Å². The Labute approximate surface area is 217 Å². The van der Waals surface area contributed by atoms with Crippen LogP contribution in [0.1, 0.15) is 55.5 Å². The molecule has 6 nitrogen and oxygen atoms in total. The maximum absolute atomic E-state index is 14.6. The Morgan fingerprint density at radius 1 is 1.08 bits per heavy atom. The van der Waals surface area contributed by atoms with Gasteiger partial charge < -0.3 is 10.6 Å². The van der Waals surface area contributed by atoms with Gasteiger partial charge in [-0.3, -0.25) is 19.1 Å². The van der Waals surface area contributed by atoms with E-state index in [9.17, 15) is 18.4 Å². The van der Waals surface area contributed by atoms with Gasteiger partial charge >= 0.3 is 0 Å². The minimum Gasteiger partial charge on any atom is -0.394 e. The van der Waals surface area contributed by atoms with E-state index in [4.69, 9.17) is 0 Å². The number of piperidine rings is 1. The molecule has 198 valence electrons. The van der Waals surface area contributed by atoms with Gasteiger partial charge in [-0.1, -0.05) is 11.6 Å². The molecule has 1 saturated heterocycles. The summed E-state index contributed by atoms with van der Waals surface area (Å²) in [5.41, 5.74) is 3.59. The van der Waals surface area contributed by atoms with Gasteiger partial charge in [-0.2, -0.15) is 0 Å². The second kappa shape index (κ2) is 12.6. The maximum atomic E-state index is 14.6. The Morgan fingerprint density at radius 3 is 2.27 bits per heavy atom. The smallest absolute Gasteiger partial charge is 0.257 e. The standard InChI is InChI=1S/C29H36F2N4O2/c1-19(14-20(2)27(6-10-32-4)35-13-9-24(33-5)17-28(35)37)18-34-11-7-22(8-12-34)29-25(30)15-23(21(3)36)16-26(29)31/h6,9-10,13-17,22,32-33H,7-8,11-12,18H2,1-5H3/b10-6-,19-14+,27-20-. The average Bonchev–Trinajstić information content (AvgIpc) is 2.85. The first-order valence-corrected chi connectivity index (χ1v) is 12.5. The molecule has 0 bridgehead atoms. The fourth-order valence-corrected chi connectivity index (χ4v) is 4.80. The fourth-order valence-electron chi connectivity index (χ4n) is 4.80. The number of aromatic nitrogens is 1. The van der Waals surface area contributed by atoms with E-state index < -0.39 is 11.6 Å². The molecule has 1 fully saturated rings. The predicted molar refractivity (Wildman–Crippen MR) is 146 cm³/mol. The topological polar surface area (TPSA) is 66.4 Å². The quantitative estimate of drug-likeness (QED) is 0.360. The van der Waals surface area contributed by atoms with E-state index in [1.54, 1.807) is 37.1 Å². The van der Waals surface area contributed by atoms with Gasteiger partial charge in [0.05, 0.1) is 5.70 Å². The van der Waals surface area contributed by atoms with Crippen molar-refractivity contribution in [2.75, 3.05) is 39.0 Å². The van der Waals surface area contributed by atoms with Crippen molar-refractivity contribution in [2.24, 2.45) is 0 Å². The summed E-state index contributed by atoms with van der Waals surface area (Å²) in [4.78, 5) is 26.5. The van der Waals surface area contributed by atoms with Crippen molar-refractivity contribution in [1.82, 2.24) is 14.8 Å². The number of nitrogens with one attached hydrogen (secondary N) is 2. The lowest BCUT2D eigenvalue weighted by Gasteiger charge is -2.32. The number of Topliss-reactive ketones (excluding diaryl/α,β-unsaturated/α-hetero) is 1. The second-order valence-corrected chi connectivity index (χ2v) is 9.51. The molecule has 0 unspecified atom stereocenters. The molecule has 1 aliphatic rings. The highest BCUT2D eigenvalue weighted by atomic mass is 19.1. The van der Waals surface area contributed by atoms with E-state index in [1.165, 1.54) is 6.92 Å². The predicted octanol–water partition coefficient (Wildman–Crippen LogP) is 5.16. The number of halogens is 2. The normalized spacial score (nSPS) is 16.1. The fraction of sp³-hybridized carbons (Fsp3) is 0.379. The van der Waals surface area contributed by atoms with Gasteiger partial charge in [-0.05, 0) is 88.7 Å². The Balaban J connectivity index is 1.73. The minimum atomic E-state index is -0.638. The van der Waals surface area contributed by atoms with E-state index in [0.717, 1.165) is 41.2 Å². The molecule has 8 heteroatoms. The molecular weight excluding hydrogens is 474 g/mol. The van der Waals surface area contributed by atoms with Crippen LogP contribution in [0.3, 0.4) is 0 Å². The van der Waals surface area contributed by atoms with Crippen LogP contribution in [0.4, 0.5) is 14.5 Å². The molecule has 2 heterocycles. The number of benzene rings is 1. The van der Waals surface area contributed by atoms with Gasteiger partial charge in [0, 0.05) is 49.7 Å². The number of rotatable bonds is 9. The molecule has 37 heavy (non-hydrogen) atoms. The zero-order valence-corrected chi connectivity index (χ0v) is 22.2. The van der Waals surface area contributed by atoms with Gasteiger partial charge in [-0.15, -0.1) is 0 Å². The summed E-state index contributed by atoms with van der Waals surface area (Å²) in [5.74, 6) is -1.84. The van der Waals surface area contributed by atoms with Crippen LogP contribution >= 0.6 is 0 Å². The van der Waals surface area contributed by atoms with Crippen LogP contribution in [-0.4, -0.2) is 49.0 Å². The highest BCUT2D eigenvalue weighted by Gasteiger charge is 2.26. The van der Waals surface area contributed by atoms with Crippen LogP contribution < -0.4 is 16.2 Å². The van der Waals surface area contributed by atoms with Crippen molar-refractivity contribution < 1.29 is 13.6 Å². The van der Waals surface area contributed by atoms with Crippen LogP contribution in [0.5, 0.6) is 0 Å². The summed E-state index contributed by atoms with van der Waals surface area (Å²) in [6, 6.07) is 5.70. The molecule has 2 aromatic rings. The molecular formula is C29H36F2N4O2. The van der Waals surface area contributed by atoms with Crippen molar-refractivity contribution in [1.29, 1.82) is 0 Å². The van der Waals surface area contributed by atoms with Crippen LogP contribution in [0.15, 0.2) is 64.8 Å².